The van der Waals surface area contributed by atoms with Crippen molar-refractivity contribution >= 4 is 28.1 Å². The number of pyridine rings is 1. The molecular weight excluding hydrogens is 362 g/mol. The van der Waals surface area contributed by atoms with Crippen LogP contribution in [0.4, 0.5) is 0 Å². The first-order valence-electron chi connectivity index (χ1n) is 6.89. The number of methoxy groups -OCH3 is 1. The van der Waals surface area contributed by atoms with Gasteiger partial charge in [0.2, 0.25) is 0 Å². The number of benzene rings is 1. The number of ether oxygens (including phenoxy) is 2. The standard InChI is InChI=1S/C16H16BrN3O3/c1-3-23-15-13(17)8-12(9-14(15)22-2)16(21)20-19-10-11-4-6-18-7-5-11/h4-10H,3H2,1-2H3,(H,20,21)/b19-10-. The van der Waals surface area contributed by atoms with Crippen molar-refractivity contribution in [3.8, 4) is 11.5 Å². The Morgan fingerprint density at radius 2 is 2.13 bits per heavy atom. The Labute approximate surface area is 142 Å². The van der Waals surface area contributed by atoms with Gasteiger partial charge < -0.3 is 9.47 Å². The number of halogens is 1. The summed E-state index contributed by atoms with van der Waals surface area (Å²) in [6, 6.07) is 6.83. The van der Waals surface area contributed by atoms with Gasteiger partial charge in [0, 0.05) is 18.0 Å². The molecule has 1 amide bonds. The van der Waals surface area contributed by atoms with Crippen molar-refractivity contribution in [3.05, 3.63) is 52.3 Å². The number of carbonyl (C=O) groups excluding carboxylic acids is 1. The molecule has 0 radical (unpaired) electrons. The van der Waals surface area contributed by atoms with Crippen molar-refractivity contribution in [2.75, 3.05) is 13.7 Å². The van der Waals surface area contributed by atoms with E-state index in [-0.39, 0.29) is 5.91 Å². The Hall–Kier alpha value is -2.41. The minimum atomic E-state index is -0.350. The molecule has 0 fully saturated rings. The van der Waals surface area contributed by atoms with Crippen LogP contribution in [-0.4, -0.2) is 30.8 Å². The molecule has 0 aliphatic carbocycles. The molecule has 0 saturated carbocycles. The van der Waals surface area contributed by atoms with Crippen LogP contribution in [0.15, 0.2) is 46.2 Å². The summed E-state index contributed by atoms with van der Waals surface area (Å²) in [7, 11) is 1.52. The third kappa shape index (κ3) is 4.53. The van der Waals surface area contributed by atoms with Crippen molar-refractivity contribution in [1.29, 1.82) is 0 Å². The zero-order valence-corrected chi connectivity index (χ0v) is 14.3. The Bertz CT molecular complexity index is 705. The maximum absolute atomic E-state index is 12.2. The van der Waals surface area contributed by atoms with Crippen LogP contribution in [0.1, 0.15) is 22.8 Å². The Kier molecular flexibility index (Phi) is 6.10. The van der Waals surface area contributed by atoms with Gasteiger partial charge in [0.05, 0.1) is 24.4 Å². The van der Waals surface area contributed by atoms with E-state index in [4.69, 9.17) is 9.47 Å². The van der Waals surface area contributed by atoms with Gasteiger partial charge in [0.15, 0.2) is 11.5 Å². The number of hydrazone groups is 1. The molecule has 0 aliphatic heterocycles. The molecule has 23 heavy (non-hydrogen) atoms. The molecule has 0 aliphatic rings. The minimum Gasteiger partial charge on any atom is -0.493 e. The van der Waals surface area contributed by atoms with Gasteiger partial charge in [0.25, 0.3) is 5.91 Å². The van der Waals surface area contributed by atoms with Crippen LogP contribution >= 0.6 is 15.9 Å². The zero-order valence-electron chi connectivity index (χ0n) is 12.7. The second kappa shape index (κ2) is 8.28. The number of nitrogens with zero attached hydrogens (tertiary/aromatic N) is 2. The van der Waals surface area contributed by atoms with Gasteiger partial charge in [-0.3, -0.25) is 9.78 Å². The highest BCUT2D eigenvalue weighted by atomic mass is 79.9. The number of carbonyl (C=O) groups is 1. The molecule has 1 aromatic heterocycles. The van der Waals surface area contributed by atoms with Gasteiger partial charge in [-0.25, -0.2) is 5.43 Å². The highest BCUT2D eigenvalue weighted by Gasteiger charge is 2.15. The number of rotatable bonds is 6. The highest BCUT2D eigenvalue weighted by molar-refractivity contribution is 9.10. The normalized spacial score (nSPS) is 10.6. The van der Waals surface area contributed by atoms with Crippen molar-refractivity contribution in [2.45, 2.75) is 6.92 Å². The Balaban J connectivity index is 2.13. The first kappa shape index (κ1) is 17.0. The quantitative estimate of drug-likeness (QED) is 0.620. The van der Waals surface area contributed by atoms with Gasteiger partial charge >= 0.3 is 0 Å². The molecule has 0 atom stereocenters. The van der Waals surface area contributed by atoms with E-state index in [2.05, 4.69) is 31.4 Å². The van der Waals surface area contributed by atoms with Crippen molar-refractivity contribution in [1.82, 2.24) is 10.4 Å². The van der Waals surface area contributed by atoms with E-state index in [1.165, 1.54) is 7.11 Å². The summed E-state index contributed by atoms with van der Waals surface area (Å²) in [5.41, 5.74) is 3.72. The lowest BCUT2D eigenvalue weighted by molar-refractivity contribution is 0.0954. The fraction of sp³-hybridized carbons (Fsp3) is 0.188. The lowest BCUT2D eigenvalue weighted by Crippen LogP contribution is -2.18. The van der Waals surface area contributed by atoms with Crippen molar-refractivity contribution < 1.29 is 14.3 Å². The topological polar surface area (TPSA) is 72.8 Å². The molecule has 0 bridgehead atoms. The molecule has 2 rings (SSSR count). The lowest BCUT2D eigenvalue weighted by Gasteiger charge is -2.12. The molecule has 0 saturated heterocycles. The average molecular weight is 378 g/mol. The van der Waals surface area contributed by atoms with Crippen LogP contribution < -0.4 is 14.9 Å². The van der Waals surface area contributed by atoms with E-state index >= 15 is 0 Å². The Morgan fingerprint density at radius 3 is 2.78 bits per heavy atom. The third-order valence-electron chi connectivity index (χ3n) is 2.87. The van der Waals surface area contributed by atoms with Gasteiger partial charge in [0.1, 0.15) is 0 Å². The number of aromatic nitrogens is 1. The van der Waals surface area contributed by atoms with Gasteiger partial charge in [-0.1, -0.05) is 0 Å². The molecule has 120 valence electrons. The molecule has 1 N–H and O–H groups in total. The van der Waals surface area contributed by atoms with E-state index < -0.39 is 0 Å². The summed E-state index contributed by atoms with van der Waals surface area (Å²) < 4.78 is 11.4. The largest absolute Gasteiger partial charge is 0.493 e. The average Bonchev–Trinajstić information content (AvgIpc) is 2.57. The number of hydrogen-bond donors (Lipinski definition) is 1. The number of nitrogens with one attached hydrogen (secondary N) is 1. The van der Waals surface area contributed by atoms with Crippen molar-refractivity contribution in [3.63, 3.8) is 0 Å². The zero-order chi connectivity index (χ0) is 16.7. The fourth-order valence-corrected chi connectivity index (χ4v) is 2.37. The third-order valence-corrected chi connectivity index (χ3v) is 3.46. The predicted octanol–water partition coefficient (Wildman–Crippen LogP) is 3.02. The maximum Gasteiger partial charge on any atom is 0.271 e. The summed E-state index contributed by atoms with van der Waals surface area (Å²) in [6.07, 6.45) is 4.84. The van der Waals surface area contributed by atoms with Crippen LogP contribution in [0.2, 0.25) is 0 Å². The summed E-state index contributed by atoms with van der Waals surface area (Å²) in [5.74, 6) is 0.689. The second-order valence-electron chi connectivity index (χ2n) is 4.40. The summed E-state index contributed by atoms with van der Waals surface area (Å²) >= 11 is 3.38. The van der Waals surface area contributed by atoms with Gasteiger partial charge in [-0.15, -0.1) is 0 Å². The summed E-state index contributed by atoms with van der Waals surface area (Å²) in [5, 5.41) is 3.92. The number of amides is 1. The van der Waals surface area contributed by atoms with E-state index in [1.807, 2.05) is 6.92 Å². The van der Waals surface area contributed by atoms with E-state index in [1.54, 1.807) is 42.9 Å². The summed E-state index contributed by atoms with van der Waals surface area (Å²) in [4.78, 5) is 16.1. The molecule has 0 spiro atoms. The van der Waals surface area contributed by atoms with E-state index in [9.17, 15) is 4.79 Å². The SMILES string of the molecule is CCOc1c(Br)cc(C(=O)N/N=C\c2ccncc2)cc1OC. The summed E-state index contributed by atoms with van der Waals surface area (Å²) in [6.45, 7) is 2.37. The minimum absolute atomic E-state index is 0.350. The first-order valence-corrected chi connectivity index (χ1v) is 7.68. The lowest BCUT2D eigenvalue weighted by atomic mass is 10.2. The van der Waals surface area contributed by atoms with Crippen LogP contribution in [-0.2, 0) is 0 Å². The van der Waals surface area contributed by atoms with Crippen molar-refractivity contribution in [2.24, 2.45) is 5.10 Å². The van der Waals surface area contributed by atoms with Crippen LogP contribution in [0, 0.1) is 0 Å². The second-order valence-corrected chi connectivity index (χ2v) is 5.26. The van der Waals surface area contributed by atoms with E-state index in [0.717, 1.165) is 5.56 Å². The highest BCUT2D eigenvalue weighted by Crippen LogP contribution is 2.36. The van der Waals surface area contributed by atoms with E-state index in [0.29, 0.717) is 28.1 Å². The predicted molar refractivity (Wildman–Crippen MR) is 91.2 cm³/mol. The molecule has 2 aromatic rings. The molecule has 1 heterocycles. The number of hydrogen-bond acceptors (Lipinski definition) is 5. The Morgan fingerprint density at radius 1 is 1.39 bits per heavy atom. The molecule has 6 nitrogen and oxygen atoms in total. The molecular formula is C16H16BrN3O3. The molecule has 7 heteroatoms. The smallest absolute Gasteiger partial charge is 0.271 e. The molecule has 1 aromatic carbocycles. The van der Waals surface area contributed by atoms with Crippen LogP contribution in [0.25, 0.3) is 0 Å². The fourth-order valence-electron chi connectivity index (χ4n) is 1.81. The van der Waals surface area contributed by atoms with Gasteiger partial charge in [-0.2, -0.15) is 5.10 Å². The van der Waals surface area contributed by atoms with Crippen LogP contribution in [0.3, 0.4) is 0 Å². The molecule has 0 unspecified atom stereocenters. The van der Waals surface area contributed by atoms with Gasteiger partial charge in [-0.05, 0) is 52.7 Å². The van der Waals surface area contributed by atoms with Crippen LogP contribution in [0.5, 0.6) is 11.5 Å². The first-order chi connectivity index (χ1) is 11.2. The monoisotopic (exact) mass is 377 g/mol. The maximum atomic E-state index is 12.2.